The highest BCUT2D eigenvalue weighted by Gasteiger charge is 2.19. The first-order chi connectivity index (χ1) is 9.17. The monoisotopic (exact) mass is 261 g/mol. The smallest absolute Gasteiger partial charge is 0.119 e. The topological polar surface area (TPSA) is 21.3 Å². The summed E-state index contributed by atoms with van der Waals surface area (Å²) in [4.78, 5) is 0. The zero-order valence-electron chi connectivity index (χ0n) is 12.5. The highest BCUT2D eigenvalue weighted by molar-refractivity contribution is 5.27. The third-order valence-corrected chi connectivity index (χ3v) is 4.07. The molecule has 0 aromatic heterocycles. The lowest BCUT2D eigenvalue weighted by molar-refractivity contribution is 0.242. The van der Waals surface area contributed by atoms with Crippen LogP contribution in [0.3, 0.4) is 0 Å². The van der Waals surface area contributed by atoms with E-state index in [1.54, 1.807) is 0 Å². The van der Waals surface area contributed by atoms with E-state index >= 15 is 0 Å². The average molecular weight is 261 g/mol. The van der Waals surface area contributed by atoms with Crippen LogP contribution >= 0.6 is 0 Å². The van der Waals surface area contributed by atoms with Crippen molar-refractivity contribution in [2.75, 3.05) is 7.05 Å². The first-order valence-corrected chi connectivity index (χ1v) is 7.60. The molecule has 1 aliphatic carbocycles. The van der Waals surface area contributed by atoms with E-state index < -0.39 is 0 Å². The van der Waals surface area contributed by atoms with E-state index in [0.717, 1.165) is 17.7 Å². The Kier molecular flexibility index (Phi) is 5.26. The molecule has 1 aromatic rings. The molecular weight excluding hydrogens is 234 g/mol. The van der Waals surface area contributed by atoms with Gasteiger partial charge in [-0.15, -0.1) is 0 Å². The maximum atomic E-state index is 5.68. The van der Waals surface area contributed by atoms with Crippen molar-refractivity contribution in [1.82, 2.24) is 5.32 Å². The molecule has 0 heterocycles. The molecule has 106 valence electrons. The van der Waals surface area contributed by atoms with Gasteiger partial charge in [0, 0.05) is 6.04 Å². The lowest BCUT2D eigenvalue weighted by atomic mass is 9.82. The predicted octanol–water partition coefficient (Wildman–Crippen LogP) is 3.79. The van der Waals surface area contributed by atoms with Crippen LogP contribution in [0, 0.1) is 5.92 Å². The molecule has 0 radical (unpaired) electrons. The average Bonchev–Trinajstić information content (AvgIpc) is 2.41. The van der Waals surface area contributed by atoms with Crippen molar-refractivity contribution in [2.45, 2.75) is 58.1 Å². The molecule has 2 heteroatoms. The number of hydrogen-bond acceptors (Lipinski definition) is 2. The normalized spacial score (nSPS) is 23.6. The van der Waals surface area contributed by atoms with E-state index in [2.05, 4.69) is 50.5 Å². The Bertz CT molecular complexity index is 363. The Hall–Kier alpha value is -1.02. The summed E-state index contributed by atoms with van der Waals surface area (Å²) in [5.41, 5.74) is 1.45. The van der Waals surface area contributed by atoms with Gasteiger partial charge in [0.25, 0.3) is 0 Å². The van der Waals surface area contributed by atoms with Crippen molar-refractivity contribution in [3.8, 4) is 5.75 Å². The standard InChI is InChI=1S/C17H27NO/c1-13(2)19-17-10-6-15(7-11-17)12-14-4-8-16(18-3)9-5-14/h6-7,10-11,13-14,16,18H,4-5,8-9,12H2,1-3H3. The molecule has 1 aromatic carbocycles. The third-order valence-electron chi connectivity index (χ3n) is 4.07. The van der Waals surface area contributed by atoms with Crippen molar-refractivity contribution < 1.29 is 4.74 Å². The Morgan fingerprint density at radius 1 is 1.11 bits per heavy atom. The van der Waals surface area contributed by atoms with Crippen LogP contribution in [0.15, 0.2) is 24.3 Å². The van der Waals surface area contributed by atoms with Gasteiger partial charge in [0.2, 0.25) is 0 Å². The first-order valence-electron chi connectivity index (χ1n) is 7.60. The number of ether oxygens (including phenoxy) is 1. The van der Waals surface area contributed by atoms with Gasteiger partial charge in [-0.2, -0.15) is 0 Å². The predicted molar refractivity (Wildman–Crippen MR) is 80.7 cm³/mol. The summed E-state index contributed by atoms with van der Waals surface area (Å²) in [5, 5.41) is 3.40. The summed E-state index contributed by atoms with van der Waals surface area (Å²) in [7, 11) is 2.08. The number of benzene rings is 1. The molecule has 0 bridgehead atoms. The second-order valence-corrected chi connectivity index (χ2v) is 6.02. The van der Waals surface area contributed by atoms with Gasteiger partial charge in [-0.3, -0.25) is 0 Å². The molecule has 1 saturated carbocycles. The van der Waals surface area contributed by atoms with Crippen molar-refractivity contribution in [2.24, 2.45) is 5.92 Å². The maximum absolute atomic E-state index is 5.68. The number of nitrogens with one attached hydrogen (secondary N) is 1. The molecule has 19 heavy (non-hydrogen) atoms. The summed E-state index contributed by atoms with van der Waals surface area (Å²) in [6, 6.07) is 9.41. The van der Waals surface area contributed by atoms with Gasteiger partial charge in [-0.05, 0) is 76.6 Å². The highest BCUT2D eigenvalue weighted by Crippen LogP contribution is 2.27. The quantitative estimate of drug-likeness (QED) is 0.870. The molecule has 0 aliphatic heterocycles. The Labute approximate surface area is 117 Å². The Balaban J connectivity index is 1.83. The lowest BCUT2D eigenvalue weighted by Gasteiger charge is -2.28. The van der Waals surface area contributed by atoms with Crippen LogP contribution in [0.4, 0.5) is 0 Å². The molecular formula is C17H27NO. The van der Waals surface area contributed by atoms with Gasteiger partial charge in [0.1, 0.15) is 5.75 Å². The van der Waals surface area contributed by atoms with Crippen LogP contribution < -0.4 is 10.1 Å². The van der Waals surface area contributed by atoms with Crippen LogP contribution in [0.2, 0.25) is 0 Å². The molecule has 0 spiro atoms. The van der Waals surface area contributed by atoms with E-state index in [-0.39, 0.29) is 6.10 Å². The molecule has 1 aliphatic rings. The molecule has 0 amide bonds. The molecule has 2 rings (SSSR count). The van der Waals surface area contributed by atoms with Crippen LogP contribution in [-0.2, 0) is 6.42 Å². The first kappa shape index (κ1) is 14.4. The highest BCUT2D eigenvalue weighted by atomic mass is 16.5. The van der Waals surface area contributed by atoms with Crippen LogP contribution in [-0.4, -0.2) is 19.2 Å². The molecule has 1 N–H and O–H groups in total. The largest absolute Gasteiger partial charge is 0.491 e. The van der Waals surface area contributed by atoms with Crippen LogP contribution in [0.1, 0.15) is 45.1 Å². The Morgan fingerprint density at radius 2 is 1.74 bits per heavy atom. The summed E-state index contributed by atoms with van der Waals surface area (Å²) < 4.78 is 5.68. The van der Waals surface area contributed by atoms with Gasteiger partial charge in [-0.1, -0.05) is 12.1 Å². The second-order valence-electron chi connectivity index (χ2n) is 6.02. The number of hydrogen-bond donors (Lipinski definition) is 1. The van der Waals surface area contributed by atoms with Gasteiger partial charge in [0.05, 0.1) is 6.10 Å². The molecule has 1 fully saturated rings. The fourth-order valence-electron chi connectivity index (χ4n) is 2.96. The van der Waals surface area contributed by atoms with E-state index in [0.29, 0.717) is 0 Å². The molecule has 0 atom stereocenters. The minimum absolute atomic E-state index is 0.252. The van der Waals surface area contributed by atoms with Crippen molar-refractivity contribution in [3.05, 3.63) is 29.8 Å². The molecule has 0 unspecified atom stereocenters. The van der Waals surface area contributed by atoms with Gasteiger partial charge < -0.3 is 10.1 Å². The zero-order chi connectivity index (χ0) is 13.7. The SMILES string of the molecule is CNC1CCC(Cc2ccc(OC(C)C)cc2)CC1. The van der Waals surface area contributed by atoms with E-state index in [1.165, 1.54) is 37.7 Å². The van der Waals surface area contributed by atoms with Crippen LogP contribution in [0.5, 0.6) is 5.75 Å². The fraction of sp³-hybridized carbons (Fsp3) is 0.647. The van der Waals surface area contributed by atoms with E-state index in [9.17, 15) is 0 Å². The summed E-state index contributed by atoms with van der Waals surface area (Å²) >= 11 is 0. The fourth-order valence-corrected chi connectivity index (χ4v) is 2.96. The lowest BCUT2D eigenvalue weighted by Crippen LogP contribution is -2.30. The van der Waals surface area contributed by atoms with Crippen LogP contribution in [0.25, 0.3) is 0 Å². The maximum Gasteiger partial charge on any atom is 0.119 e. The van der Waals surface area contributed by atoms with Crippen molar-refractivity contribution in [3.63, 3.8) is 0 Å². The minimum Gasteiger partial charge on any atom is -0.491 e. The summed E-state index contributed by atoms with van der Waals surface area (Å²) in [6.45, 7) is 4.13. The molecule has 2 nitrogen and oxygen atoms in total. The zero-order valence-corrected chi connectivity index (χ0v) is 12.5. The second kappa shape index (κ2) is 6.95. The van der Waals surface area contributed by atoms with Gasteiger partial charge >= 0.3 is 0 Å². The van der Waals surface area contributed by atoms with Crippen molar-refractivity contribution in [1.29, 1.82) is 0 Å². The van der Waals surface area contributed by atoms with Gasteiger partial charge in [0.15, 0.2) is 0 Å². The van der Waals surface area contributed by atoms with Gasteiger partial charge in [-0.25, -0.2) is 0 Å². The third kappa shape index (κ3) is 4.54. The summed E-state index contributed by atoms with van der Waals surface area (Å²) in [5.74, 6) is 1.85. The van der Waals surface area contributed by atoms with E-state index in [4.69, 9.17) is 4.74 Å². The number of rotatable bonds is 5. The molecule has 0 saturated heterocycles. The van der Waals surface area contributed by atoms with E-state index in [1.807, 2.05) is 0 Å². The summed E-state index contributed by atoms with van der Waals surface area (Å²) in [6.07, 6.45) is 6.85. The van der Waals surface area contributed by atoms with Crippen molar-refractivity contribution >= 4 is 0 Å². The minimum atomic E-state index is 0.252. The Morgan fingerprint density at radius 3 is 2.26 bits per heavy atom.